The summed E-state index contributed by atoms with van der Waals surface area (Å²) in [5, 5.41) is 9.15. The Morgan fingerprint density at radius 1 is 0.889 bits per heavy atom. The van der Waals surface area contributed by atoms with Crippen LogP contribution in [0.2, 0.25) is 0 Å². The van der Waals surface area contributed by atoms with Crippen molar-refractivity contribution in [2.75, 3.05) is 14.1 Å². The maximum absolute atomic E-state index is 4.57. The molecule has 0 amide bonds. The van der Waals surface area contributed by atoms with Crippen LogP contribution in [0.1, 0.15) is 29.1 Å². The Balaban J connectivity index is 2.53. The highest BCUT2D eigenvalue weighted by Gasteiger charge is 2.21. The van der Waals surface area contributed by atoms with Crippen LogP contribution in [-0.2, 0) is 0 Å². The second-order valence-electron chi connectivity index (χ2n) is 5.05. The molecular weight excluding hydrogens is 226 g/mol. The molecule has 0 aromatic carbocycles. The van der Waals surface area contributed by atoms with E-state index < -0.39 is 0 Å². The summed E-state index contributed by atoms with van der Waals surface area (Å²) in [6.07, 6.45) is -0.0209. The van der Waals surface area contributed by atoms with Gasteiger partial charge >= 0.3 is 0 Å². The summed E-state index contributed by atoms with van der Waals surface area (Å²) in [6, 6.07) is 4.17. The third-order valence-corrected chi connectivity index (χ3v) is 2.99. The van der Waals surface area contributed by atoms with Gasteiger partial charge in [0.2, 0.25) is 0 Å². The van der Waals surface area contributed by atoms with E-state index in [2.05, 4.69) is 41.1 Å². The first-order valence-corrected chi connectivity index (χ1v) is 6.12. The maximum Gasteiger partial charge on any atom is 0.199 e. The van der Waals surface area contributed by atoms with Gasteiger partial charge < -0.3 is 0 Å². The molecule has 18 heavy (non-hydrogen) atoms. The second kappa shape index (κ2) is 4.57. The lowest BCUT2D eigenvalue weighted by atomic mass is 10.4. The first-order valence-electron chi connectivity index (χ1n) is 6.12. The molecule has 0 atom stereocenters. The summed E-state index contributed by atoms with van der Waals surface area (Å²) >= 11 is 0. The van der Waals surface area contributed by atoms with Crippen LogP contribution in [0.15, 0.2) is 12.1 Å². The second-order valence-corrected chi connectivity index (χ2v) is 5.05. The first kappa shape index (κ1) is 12.8. The van der Waals surface area contributed by atoms with Crippen LogP contribution in [0.5, 0.6) is 0 Å². The molecule has 2 heterocycles. The molecule has 0 radical (unpaired) electrons. The molecular formula is C13H21N5. The number of rotatable bonds is 3. The highest BCUT2D eigenvalue weighted by atomic mass is 15.6. The van der Waals surface area contributed by atoms with Crippen LogP contribution >= 0.6 is 0 Å². The van der Waals surface area contributed by atoms with Crippen molar-refractivity contribution in [3.63, 3.8) is 0 Å². The molecule has 5 nitrogen and oxygen atoms in total. The Morgan fingerprint density at radius 3 is 1.50 bits per heavy atom. The number of nitrogens with zero attached hydrogens (tertiary/aromatic N) is 5. The van der Waals surface area contributed by atoms with E-state index in [9.17, 15) is 0 Å². The molecule has 2 aromatic heterocycles. The fourth-order valence-electron chi connectivity index (χ4n) is 2.30. The predicted molar refractivity (Wildman–Crippen MR) is 71.5 cm³/mol. The van der Waals surface area contributed by atoms with Gasteiger partial charge in [0.05, 0.1) is 11.4 Å². The van der Waals surface area contributed by atoms with Crippen molar-refractivity contribution in [2.45, 2.75) is 34.0 Å². The number of hydrogen-bond donors (Lipinski definition) is 0. The molecule has 2 rings (SSSR count). The van der Waals surface area contributed by atoms with Gasteiger partial charge in [-0.05, 0) is 53.9 Å². The summed E-state index contributed by atoms with van der Waals surface area (Å²) in [6.45, 7) is 8.17. The molecule has 0 aliphatic carbocycles. The quantitative estimate of drug-likeness (QED) is 0.831. The molecule has 98 valence electrons. The Morgan fingerprint density at radius 2 is 1.28 bits per heavy atom. The van der Waals surface area contributed by atoms with Gasteiger partial charge in [-0.15, -0.1) is 0 Å². The van der Waals surface area contributed by atoms with Crippen LogP contribution < -0.4 is 0 Å². The SMILES string of the molecule is Cc1cc(C)n(C(N(C)C)n2nc(C)cc2C)n1. The largest absolute Gasteiger partial charge is 0.269 e. The van der Waals surface area contributed by atoms with Gasteiger partial charge in [-0.2, -0.15) is 10.2 Å². The molecule has 5 heteroatoms. The van der Waals surface area contributed by atoms with Crippen molar-refractivity contribution in [3.05, 3.63) is 34.9 Å². The number of aromatic nitrogens is 4. The van der Waals surface area contributed by atoms with Gasteiger partial charge in [0.1, 0.15) is 0 Å². The molecule has 0 aliphatic heterocycles. The molecule has 0 spiro atoms. The average molecular weight is 247 g/mol. The van der Waals surface area contributed by atoms with Crippen LogP contribution in [0.4, 0.5) is 0 Å². The van der Waals surface area contributed by atoms with Gasteiger partial charge in [0.15, 0.2) is 6.29 Å². The topological polar surface area (TPSA) is 38.9 Å². The minimum atomic E-state index is -0.0209. The Kier molecular flexibility index (Phi) is 3.26. The minimum Gasteiger partial charge on any atom is -0.269 e. The van der Waals surface area contributed by atoms with E-state index in [-0.39, 0.29) is 6.29 Å². The lowest BCUT2D eigenvalue weighted by Gasteiger charge is -2.27. The van der Waals surface area contributed by atoms with Crippen molar-refractivity contribution < 1.29 is 0 Å². The predicted octanol–water partition coefficient (Wildman–Crippen LogP) is 1.88. The van der Waals surface area contributed by atoms with Crippen molar-refractivity contribution in [1.82, 2.24) is 24.5 Å². The Labute approximate surface area is 108 Å². The normalized spacial score (nSPS) is 11.8. The summed E-state index contributed by atoms with van der Waals surface area (Å²) in [5.41, 5.74) is 4.33. The molecule has 0 saturated heterocycles. The van der Waals surface area contributed by atoms with E-state index in [1.807, 2.05) is 37.3 Å². The van der Waals surface area contributed by atoms with E-state index in [0.717, 1.165) is 22.8 Å². The van der Waals surface area contributed by atoms with Gasteiger partial charge in [-0.1, -0.05) is 0 Å². The molecule has 0 bridgehead atoms. The van der Waals surface area contributed by atoms with Crippen LogP contribution in [0.25, 0.3) is 0 Å². The van der Waals surface area contributed by atoms with E-state index >= 15 is 0 Å². The van der Waals surface area contributed by atoms with Gasteiger partial charge in [0.25, 0.3) is 0 Å². The molecule has 0 unspecified atom stereocenters. The fourth-order valence-corrected chi connectivity index (χ4v) is 2.30. The van der Waals surface area contributed by atoms with E-state index in [4.69, 9.17) is 0 Å². The smallest absolute Gasteiger partial charge is 0.199 e. The zero-order valence-corrected chi connectivity index (χ0v) is 12.0. The van der Waals surface area contributed by atoms with Gasteiger partial charge in [0, 0.05) is 11.4 Å². The summed E-state index contributed by atoms with van der Waals surface area (Å²) < 4.78 is 4.02. The lowest BCUT2D eigenvalue weighted by Crippen LogP contribution is -2.34. The highest BCUT2D eigenvalue weighted by Crippen LogP contribution is 2.18. The van der Waals surface area contributed by atoms with Crippen LogP contribution in [0.3, 0.4) is 0 Å². The van der Waals surface area contributed by atoms with E-state index in [1.165, 1.54) is 0 Å². The van der Waals surface area contributed by atoms with E-state index in [0.29, 0.717) is 0 Å². The molecule has 0 saturated carbocycles. The molecule has 0 fully saturated rings. The van der Waals surface area contributed by atoms with E-state index in [1.54, 1.807) is 0 Å². The molecule has 0 aliphatic rings. The lowest BCUT2D eigenvalue weighted by molar-refractivity contribution is 0.143. The third-order valence-electron chi connectivity index (χ3n) is 2.99. The third kappa shape index (κ3) is 2.18. The average Bonchev–Trinajstić information content (AvgIpc) is 2.71. The zero-order valence-electron chi connectivity index (χ0n) is 12.0. The zero-order chi connectivity index (χ0) is 13.4. The van der Waals surface area contributed by atoms with Crippen molar-refractivity contribution in [1.29, 1.82) is 0 Å². The Hall–Kier alpha value is -1.62. The maximum atomic E-state index is 4.57. The number of aryl methyl sites for hydroxylation is 4. The van der Waals surface area contributed by atoms with Crippen molar-refractivity contribution in [3.8, 4) is 0 Å². The first-order chi connectivity index (χ1) is 8.40. The fraction of sp³-hybridized carbons (Fsp3) is 0.538. The van der Waals surface area contributed by atoms with Gasteiger partial charge in [-0.3, -0.25) is 4.90 Å². The Bertz CT molecular complexity index is 503. The van der Waals surface area contributed by atoms with Crippen LogP contribution in [0, 0.1) is 27.7 Å². The summed E-state index contributed by atoms with van der Waals surface area (Å²) in [4.78, 5) is 2.11. The monoisotopic (exact) mass is 247 g/mol. The molecule has 0 N–H and O–H groups in total. The minimum absolute atomic E-state index is 0.0209. The van der Waals surface area contributed by atoms with Crippen LogP contribution in [-0.4, -0.2) is 38.6 Å². The standard InChI is InChI=1S/C13H21N5/c1-9-7-11(3)17(14-9)13(16(5)6)18-12(4)8-10(2)15-18/h7-8,13H,1-6H3. The van der Waals surface area contributed by atoms with Crippen molar-refractivity contribution >= 4 is 0 Å². The van der Waals surface area contributed by atoms with Crippen molar-refractivity contribution in [2.24, 2.45) is 0 Å². The summed E-state index contributed by atoms with van der Waals surface area (Å²) in [7, 11) is 4.08. The van der Waals surface area contributed by atoms with Gasteiger partial charge in [-0.25, -0.2) is 9.36 Å². The summed E-state index contributed by atoms with van der Waals surface area (Å²) in [5.74, 6) is 0. The number of hydrogen-bond acceptors (Lipinski definition) is 3. The molecule has 2 aromatic rings. The highest BCUT2D eigenvalue weighted by molar-refractivity contribution is 5.11.